The summed E-state index contributed by atoms with van der Waals surface area (Å²) in [5.74, 6) is 0.371. The van der Waals surface area contributed by atoms with Crippen molar-refractivity contribution < 1.29 is 4.39 Å². The number of nitrogens with one attached hydrogen (secondary N) is 1. The van der Waals surface area contributed by atoms with Crippen LogP contribution in [0.3, 0.4) is 0 Å². The predicted molar refractivity (Wildman–Crippen MR) is 83.9 cm³/mol. The van der Waals surface area contributed by atoms with Gasteiger partial charge in [0.1, 0.15) is 5.82 Å². The third kappa shape index (κ3) is 5.23. The van der Waals surface area contributed by atoms with Crippen molar-refractivity contribution in [2.45, 2.75) is 40.5 Å². The average molecular weight is 330 g/mol. The molecule has 0 heterocycles. The molecule has 1 N–H and O–H groups in total. The molecule has 1 nitrogen and oxygen atoms in total. The third-order valence-corrected chi connectivity index (χ3v) is 4.34. The lowest BCUT2D eigenvalue weighted by atomic mass is 9.74. The highest BCUT2D eigenvalue weighted by Crippen LogP contribution is 2.31. The Kier molecular flexibility index (Phi) is 6.48. The Morgan fingerprint density at radius 1 is 1.32 bits per heavy atom. The predicted octanol–water partition coefficient (Wildman–Crippen LogP) is 4.79. The van der Waals surface area contributed by atoms with Crippen molar-refractivity contribution in [2.75, 3.05) is 13.1 Å². The highest BCUT2D eigenvalue weighted by atomic mass is 79.9. The molecule has 0 saturated heterocycles. The first-order valence-corrected chi connectivity index (χ1v) is 7.82. The van der Waals surface area contributed by atoms with Crippen LogP contribution >= 0.6 is 15.9 Å². The van der Waals surface area contributed by atoms with Gasteiger partial charge in [-0.3, -0.25) is 0 Å². The number of halogens is 2. The zero-order valence-corrected chi connectivity index (χ0v) is 14.0. The van der Waals surface area contributed by atoms with Gasteiger partial charge in [0.15, 0.2) is 0 Å². The van der Waals surface area contributed by atoms with Crippen molar-refractivity contribution >= 4 is 15.9 Å². The number of hydrogen-bond acceptors (Lipinski definition) is 1. The van der Waals surface area contributed by atoms with Crippen molar-refractivity contribution in [2.24, 2.45) is 11.3 Å². The zero-order chi connectivity index (χ0) is 14.5. The Bertz CT molecular complexity index is 385. The Morgan fingerprint density at radius 2 is 2.00 bits per heavy atom. The van der Waals surface area contributed by atoms with Crippen LogP contribution in [0.5, 0.6) is 0 Å². The van der Waals surface area contributed by atoms with Gasteiger partial charge in [-0.25, -0.2) is 4.39 Å². The summed E-state index contributed by atoms with van der Waals surface area (Å²) in [5.41, 5.74) is 1.20. The molecular formula is C16H25BrFN. The summed E-state index contributed by atoms with van der Waals surface area (Å²) in [6.45, 7) is 10.9. The molecule has 108 valence electrons. The van der Waals surface area contributed by atoms with E-state index in [9.17, 15) is 4.39 Å². The van der Waals surface area contributed by atoms with Crippen molar-refractivity contribution in [3.05, 3.63) is 34.1 Å². The van der Waals surface area contributed by atoms with Gasteiger partial charge in [-0.05, 0) is 54.5 Å². The molecule has 0 aliphatic rings. The van der Waals surface area contributed by atoms with Gasteiger partial charge in [0.05, 0.1) is 0 Å². The smallest absolute Gasteiger partial charge is 0.124 e. The summed E-state index contributed by atoms with van der Waals surface area (Å²) >= 11 is 3.37. The minimum absolute atomic E-state index is 0.141. The van der Waals surface area contributed by atoms with Crippen molar-refractivity contribution in [3.63, 3.8) is 0 Å². The summed E-state index contributed by atoms with van der Waals surface area (Å²) in [4.78, 5) is 0. The third-order valence-electron chi connectivity index (χ3n) is 3.88. The highest BCUT2D eigenvalue weighted by molar-refractivity contribution is 9.10. The second-order valence-corrected chi connectivity index (χ2v) is 6.86. The number of benzene rings is 1. The standard InChI is InChI=1S/C16H25BrFN/c1-5-6-19-11-16(4,12(2)3)10-13-7-14(17)9-15(18)8-13/h7-9,12,19H,5-6,10-11H2,1-4H3. The molecule has 0 bridgehead atoms. The quantitative estimate of drug-likeness (QED) is 0.709. The molecule has 19 heavy (non-hydrogen) atoms. The lowest BCUT2D eigenvalue weighted by Gasteiger charge is -2.34. The van der Waals surface area contributed by atoms with Gasteiger partial charge in [0, 0.05) is 11.0 Å². The van der Waals surface area contributed by atoms with E-state index in [2.05, 4.69) is 48.9 Å². The molecule has 0 spiro atoms. The molecule has 0 aliphatic heterocycles. The lowest BCUT2D eigenvalue weighted by Crippen LogP contribution is -2.38. The van der Waals surface area contributed by atoms with Crippen LogP contribution in [0.1, 0.15) is 39.7 Å². The normalized spacial score (nSPS) is 14.7. The van der Waals surface area contributed by atoms with E-state index in [0.717, 1.165) is 36.0 Å². The van der Waals surface area contributed by atoms with E-state index < -0.39 is 0 Å². The monoisotopic (exact) mass is 329 g/mol. The first-order valence-electron chi connectivity index (χ1n) is 7.03. The van der Waals surface area contributed by atoms with Crippen molar-refractivity contribution in [3.8, 4) is 0 Å². The van der Waals surface area contributed by atoms with E-state index in [1.807, 2.05) is 6.07 Å². The minimum Gasteiger partial charge on any atom is -0.316 e. The maximum atomic E-state index is 13.5. The second kappa shape index (κ2) is 7.39. The summed E-state index contributed by atoms with van der Waals surface area (Å²) in [6, 6.07) is 5.17. The SMILES string of the molecule is CCCNCC(C)(Cc1cc(F)cc(Br)c1)C(C)C. The molecule has 1 aromatic rings. The molecule has 1 unspecified atom stereocenters. The molecule has 0 fully saturated rings. The Labute approximate surface area is 125 Å². The Morgan fingerprint density at radius 3 is 2.53 bits per heavy atom. The fraction of sp³-hybridized carbons (Fsp3) is 0.625. The van der Waals surface area contributed by atoms with Crippen LogP contribution in [0.15, 0.2) is 22.7 Å². The molecule has 0 aromatic heterocycles. The molecule has 0 amide bonds. The summed E-state index contributed by atoms with van der Waals surface area (Å²) in [5, 5.41) is 3.50. The molecule has 0 saturated carbocycles. The van der Waals surface area contributed by atoms with Gasteiger partial charge in [-0.15, -0.1) is 0 Å². The van der Waals surface area contributed by atoms with E-state index in [-0.39, 0.29) is 11.2 Å². The van der Waals surface area contributed by atoms with Gasteiger partial charge in [-0.2, -0.15) is 0 Å². The van der Waals surface area contributed by atoms with Crippen LogP contribution < -0.4 is 5.32 Å². The van der Waals surface area contributed by atoms with Crippen LogP contribution in [-0.4, -0.2) is 13.1 Å². The lowest BCUT2D eigenvalue weighted by molar-refractivity contribution is 0.207. The molecule has 1 rings (SSSR count). The zero-order valence-electron chi connectivity index (χ0n) is 12.4. The average Bonchev–Trinajstić information content (AvgIpc) is 2.27. The first kappa shape index (κ1) is 16.6. The highest BCUT2D eigenvalue weighted by Gasteiger charge is 2.28. The van der Waals surface area contributed by atoms with Crippen molar-refractivity contribution in [1.29, 1.82) is 0 Å². The van der Waals surface area contributed by atoms with Gasteiger partial charge in [0.2, 0.25) is 0 Å². The molecule has 1 aromatic carbocycles. The Balaban J connectivity index is 2.82. The maximum absolute atomic E-state index is 13.5. The van der Waals surface area contributed by atoms with Crippen molar-refractivity contribution in [1.82, 2.24) is 5.32 Å². The van der Waals surface area contributed by atoms with Crippen LogP contribution in [0.2, 0.25) is 0 Å². The molecule has 0 radical (unpaired) electrons. The molecular weight excluding hydrogens is 305 g/mol. The van der Waals surface area contributed by atoms with Crippen LogP contribution in [0, 0.1) is 17.2 Å². The van der Waals surface area contributed by atoms with Crippen LogP contribution in [0.4, 0.5) is 4.39 Å². The largest absolute Gasteiger partial charge is 0.316 e. The van der Waals surface area contributed by atoms with Gasteiger partial charge in [-0.1, -0.05) is 43.6 Å². The van der Waals surface area contributed by atoms with Gasteiger partial charge >= 0.3 is 0 Å². The van der Waals surface area contributed by atoms with E-state index in [1.165, 1.54) is 6.07 Å². The number of hydrogen-bond donors (Lipinski definition) is 1. The topological polar surface area (TPSA) is 12.0 Å². The Hall–Kier alpha value is -0.410. The maximum Gasteiger partial charge on any atom is 0.124 e. The summed E-state index contributed by atoms with van der Waals surface area (Å²) in [7, 11) is 0. The van der Waals surface area contributed by atoms with Gasteiger partial charge < -0.3 is 5.32 Å². The van der Waals surface area contributed by atoms with E-state index in [1.54, 1.807) is 6.07 Å². The van der Waals surface area contributed by atoms with E-state index >= 15 is 0 Å². The first-order chi connectivity index (χ1) is 8.87. The summed E-state index contributed by atoms with van der Waals surface area (Å²) < 4.78 is 14.3. The van der Waals surface area contributed by atoms with Crippen LogP contribution in [-0.2, 0) is 6.42 Å². The second-order valence-electron chi connectivity index (χ2n) is 5.94. The minimum atomic E-state index is -0.169. The summed E-state index contributed by atoms with van der Waals surface area (Å²) in [6.07, 6.45) is 2.03. The van der Waals surface area contributed by atoms with E-state index in [4.69, 9.17) is 0 Å². The molecule has 1 atom stereocenters. The number of rotatable bonds is 7. The fourth-order valence-electron chi connectivity index (χ4n) is 2.20. The fourth-order valence-corrected chi connectivity index (χ4v) is 2.71. The molecule has 3 heteroatoms. The molecule has 0 aliphatic carbocycles. The van der Waals surface area contributed by atoms with Crippen LogP contribution in [0.25, 0.3) is 0 Å². The van der Waals surface area contributed by atoms with E-state index in [0.29, 0.717) is 5.92 Å². The van der Waals surface area contributed by atoms with Gasteiger partial charge in [0.25, 0.3) is 0 Å².